The van der Waals surface area contributed by atoms with E-state index in [1.54, 1.807) is 9.80 Å². The van der Waals surface area contributed by atoms with Crippen LogP contribution >= 0.6 is 0 Å². The van der Waals surface area contributed by atoms with Gasteiger partial charge in [-0.25, -0.2) is 0 Å². The van der Waals surface area contributed by atoms with Gasteiger partial charge in [-0.1, -0.05) is 57.9 Å². The second-order valence-electron chi connectivity index (χ2n) is 12.7. The number of anilines is 1. The zero-order valence-electron chi connectivity index (χ0n) is 26.4. The van der Waals surface area contributed by atoms with Gasteiger partial charge in [-0.3, -0.25) is 14.4 Å². The zero-order chi connectivity index (χ0) is 31.1. The molecule has 0 bridgehead atoms. The SMILES string of the molecule is CCCC(C)N1CC=C[C@]23O[C@]4(C)C=CCN(c5ccc(OCC)cc5)C(=O)[C@@H]4[C@H]2C(=O)N([C@@H](CO)[C@@H](C)CC)C3C1=O. The van der Waals surface area contributed by atoms with Gasteiger partial charge in [-0.15, -0.1) is 0 Å². The van der Waals surface area contributed by atoms with Crippen molar-refractivity contribution in [2.75, 3.05) is 31.2 Å². The van der Waals surface area contributed by atoms with E-state index in [4.69, 9.17) is 9.47 Å². The molecule has 1 aromatic rings. The van der Waals surface area contributed by atoms with E-state index in [0.29, 0.717) is 37.6 Å². The summed E-state index contributed by atoms with van der Waals surface area (Å²) in [4.78, 5) is 49.1. The molecule has 1 N–H and O–H groups in total. The molecule has 3 amide bonds. The standard InChI is InChI=1S/C34H47N3O6/c1-7-12-23(5)35-19-11-18-34-28(31(40)37(29(34)32(35)41)26(21-38)22(4)8-2)27-30(39)36(20-10-17-33(27,6)43-34)24-13-15-25(16-14-24)42-9-3/h10-11,13-18,22-23,26-29,38H,7-9,12,19-21H2,1-6H3/t22-,23?,26-,27-,28-,29?,33+,34-/m0/s1. The monoisotopic (exact) mass is 593 g/mol. The van der Waals surface area contributed by atoms with Gasteiger partial charge in [0.25, 0.3) is 0 Å². The van der Waals surface area contributed by atoms with Crippen LogP contribution < -0.4 is 9.64 Å². The molecule has 9 heteroatoms. The minimum atomic E-state index is -1.35. The summed E-state index contributed by atoms with van der Waals surface area (Å²) in [6.45, 7) is 12.9. The van der Waals surface area contributed by atoms with Gasteiger partial charge in [0.15, 0.2) is 0 Å². The van der Waals surface area contributed by atoms with Crippen LogP contribution in [0.25, 0.3) is 0 Å². The quantitative estimate of drug-likeness (QED) is 0.413. The third-order valence-corrected chi connectivity index (χ3v) is 10.1. The first-order chi connectivity index (χ1) is 20.6. The molecule has 1 spiro atoms. The fourth-order valence-electron chi connectivity index (χ4n) is 7.74. The first kappa shape index (κ1) is 31.3. The van der Waals surface area contributed by atoms with E-state index in [1.807, 2.05) is 88.1 Å². The van der Waals surface area contributed by atoms with Crippen molar-refractivity contribution in [2.24, 2.45) is 17.8 Å². The highest BCUT2D eigenvalue weighted by molar-refractivity contribution is 6.04. The Labute approximate surface area is 255 Å². The van der Waals surface area contributed by atoms with E-state index >= 15 is 0 Å². The first-order valence-electron chi connectivity index (χ1n) is 15.9. The van der Waals surface area contributed by atoms with Crippen molar-refractivity contribution in [3.8, 4) is 5.75 Å². The summed E-state index contributed by atoms with van der Waals surface area (Å²) in [6.07, 6.45) is 10.1. The van der Waals surface area contributed by atoms with Crippen molar-refractivity contribution < 1.29 is 29.0 Å². The number of likely N-dealkylation sites (tertiary alicyclic amines) is 1. The van der Waals surface area contributed by atoms with Gasteiger partial charge in [0.1, 0.15) is 17.4 Å². The van der Waals surface area contributed by atoms with Crippen molar-refractivity contribution in [1.29, 1.82) is 0 Å². The van der Waals surface area contributed by atoms with Crippen LogP contribution in [-0.4, -0.2) is 88.3 Å². The van der Waals surface area contributed by atoms with Crippen LogP contribution in [0.5, 0.6) is 5.75 Å². The number of carbonyl (C=O) groups excluding carboxylic acids is 3. The molecule has 2 saturated heterocycles. The predicted molar refractivity (Wildman–Crippen MR) is 164 cm³/mol. The van der Waals surface area contributed by atoms with Gasteiger partial charge < -0.3 is 29.3 Å². The Hall–Kier alpha value is -3.17. The molecule has 1 aromatic carbocycles. The average Bonchev–Trinajstić information content (AvgIpc) is 3.25. The highest BCUT2D eigenvalue weighted by Crippen LogP contribution is 2.58. The van der Waals surface area contributed by atoms with E-state index in [0.717, 1.165) is 12.8 Å². The molecule has 8 atom stereocenters. The lowest BCUT2D eigenvalue weighted by Crippen LogP contribution is -2.60. The lowest BCUT2D eigenvalue weighted by Gasteiger charge is -2.42. The van der Waals surface area contributed by atoms with Crippen LogP contribution in [0.15, 0.2) is 48.6 Å². The number of aliphatic hydroxyl groups is 1. The molecule has 2 fully saturated rings. The third-order valence-electron chi connectivity index (χ3n) is 10.1. The van der Waals surface area contributed by atoms with E-state index < -0.39 is 35.1 Å². The Balaban J connectivity index is 1.63. The van der Waals surface area contributed by atoms with Crippen molar-refractivity contribution in [2.45, 2.75) is 90.1 Å². The van der Waals surface area contributed by atoms with Crippen LogP contribution in [0, 0.1) is 17.8 Å². The highest BCUT2D eigenvalue weighted by Gasteiger charge is 2.75. The van der Waals surface area contributed by atoms with Gasteiger partial charge in [0, 0.05) is 24.8 Å². The molecule has 0 aromatic heterocycles. The van der Waals surface area contributed by atoms with Crippen LogP contribution in [0.3, 0.4) is 0 Å². The molecular weight excluding hydrogens is 546 g/mol. The number of benzene rings is 1. The number of carbonyl (C=O) groups is 3. The molecule has 0 aliphatic carbocycles. The molecule has 4 aliphatic heterocycles. The lowest BCUT2D eigenvalue weighted by atomic mass is 9.74. The van der Waals surface area contributed by atoms with Crippen molar-refractivity contribution >= 4 is 23.4 Å². The Kier molecular flexibility index (Phi) is 8.78. The minimum absolute atomic E-state index is 0.0383. The van der Waals surface area contributed by atoms with Crippen LogP contribution in [0.2, 0.25) is 0 Å². The zero-order valence-corrected chi connectivity index (χ0v) is 26.4. The maximum atomic E-state index is 14.8. The largest absolute Gasteiger partial charge is 0.494 e. The summed E-state index contributed by atoms with van der Waals surface area (Å²) in [5.74, 6) is -1.88. The van der Waals surface area contributed by atoms with Crippen LogP contribution in [0.4, 0.5) is 5.69 Å². The number of fused-ring (bicyclic) bond motifs is 2. The Bertz CT molecular complexity index is 1280. The Morgan fingerprint density at radius 1 is 0.977 bits per heavy atom. The first-order valence-corrected chi connectivity index (χ1v) is 15.9. The topological polar surface area (TPSA) is 99.6 Å². The molecule has 2 unspecified atom stereocenters. The average molecular weight is 594 g/mol. The summed E-state index contributed by atoms with van der Waals surface area (Å²) in [7, 11) is 0. The van der Waals surface area contributed by atoms with Gasteiger partial charge in [-0.05, 0) is 57.4 Å². The van der Waals surface area contributed by atoms with Crippen LogP contribution in [0.1, 0.15) is 60.8 Å². The number of hydrogen-bond donors (Lipinski definition) is 1. The fourth-order valence-corrected chi connectivity index (χ4v) is 7.74. The second-order valence-corrected chi connectivity index (χ2v) is 12.7. The predicted octanol–water partition coefficient (Wildman–Crippen LogP) is 3.95. The molecular formula is C34H47N3O6. The smallest absolute Gasteiger partial charge is 0.249 e. The Morgan fingerprint density at radius 2 is 1.67 bits per heavy atom. The van der Waals surface area contributed by atoms with E-state index in [1.165, 1.54) is 0 Å². The highest BCUT2D eigenvalue weighted by atomic mass is 16.5. The Morgan fingerprint density at radius 3 is 2.30 bits per heavy atom. The number of aliphatic hydroxyl groups excluding tert-OH is 1. The normalized spacial score (nSPS) is 32.2. The van der Waals surface area contributed by atoms with Crippen molar-refractivity contribution in [3.63, 3.8) is 0 Å². The number of ether oxygens (including phenoxy) is 2. The third kappa shape index (κ3) is 4.98. The van der Waals surface area contributed by atoms with Crippen LogP contribution in [-0.2, 0) is 19.1 Å². The molecule has 5 rings (SSSR count). The minimum Gasteiger partial charge on any atom is -0.494 e. The molecule has 4 aliphatic rings. The van der Waals surface area contributed by atoms with E-state index in [2.05, 4.69) is 6.92 Å². The molecule has 0 saturated carbocycles. The number of amides is 3. The van der Waals surface area contributed by atoms with E-state index in [-0.39, 0.29) is 36.3 Å². The van der Waals surface area contributed by atoms with Crippen molar-refractivity contribution in [1.82, 2.24) is 9.80 Å². The summed E-state index contributed by atoms with van der Waals surface area (Å²) in [5, 5.41) is 10.6. The maximum Gasteiger partial charge on any atom is 0.249 e. The van der Waals surface area contributed by atoms with E-state index in [9.17, 15) is 19.5 Å². The van der Waals surface area contributed by atoms with Gasteiger partial charge >= 0.3 is 0 Å². The summed E-state index contributed by atoms with van der Waals surface area (Å²) in [6, 6.07) is 5.76. The number of hydrogen-bond acceptors (Lipinski definition) is 6. The number of rotatable bonds is 10. The molecule has 234 valence electrons. The number of nitrogens with zero attached hydrogens (tertiary/aromatic N) is 3. The van der Waals surface area contributed by atoms with Crippen molar-refractivity contribution in [3.05, 3.63) is 48.6 Å². The molecule has 43 heavy (non-hydrogen) atoms. The molecule has 4 heterocycles. The maximum absolute atomic E-state index is 14.8. The second kappa shape index (κ2) is 12.1. The fraction of sp³-hybridized carbons (Fsp3) is 0.618. The van der Waals surface area contributed by atoms with Gasteiger partial charge in [0.05, 0.1) is 36.7 Å². The summed E-state index contributed by atoms with van der Waals surface area (Å²) >= 11 is 0. The lowest BCUT2D eigenvalue weighted by molar-refractivity contribution is -0.156. The van der Waals surface area contributed by atoms with Gasteiger partial charge in [-0.2, -0.15) is 0 Å². The molecule has 9 nitrogen and oxygen atoms in total. The summed E-state index contributed by atoms with van der Waals surface area (Å²) in [5.41, 5.74) is -1.76. The summed E-state index contributed by atoms with van der Waals surface area (Å²) < 4.78 is 12.6. The van der Waals surface area contributed by atoms with Gasteiger partial charge in [0.2, 0.25) is 17.7 Å². The molecule has 0 radical (unpaired) electrons.